The van der Waals surface area contributed by atoms with Crippen molar-refractivity contribution in [3.63, 3.8) is 0 Å². The van der Waals surface area contributed by atoms with E-state index in [1.54, 1.807) is 6.92 Å². The molecule has 1 aliphatic heterocycles. The molecular weight excluding hydrogens is 368 g/mol. The molecule has 0 aliphatic carbocycles. The van der Waals surface area contributed by atoms with E-state index in [2.05, 4.69) is 12.2 Å². The predicted molar refractivity (Wildman–Crippen MR) is 117 cm³/mol. The number of Topliss-reactive ketones (excluding diaryl/α,β-unsaturated/α-hetero) is 1. The van der Waals surface area contributed by atoms with Crippen LogP contribution in [0.3, 0.4) is 0 Å². The van der Waals surface area contributed by atoms with E-state index in [-0.39, 0.29) is 11.8 Å². The zero-order valence-corrected chi connectivity index (χ0v) is 17.6. The summed E-state index contributed by atoms with van der Waals surface area (Å²) in [6.45, 7) is 8.53. The molecule has 4 nitrogen and oxygen atoms in total. The molecule has 1 unspecified atom stereocenters. The molecule has 1 N–H and O–H groups in total. The lowest BCUT2D eigenvalue weighted by molar-refractivity contribution is -0.114. The summed E-state index contributed by atoms with van der Waals surface area (Å²) < 4.78 is 5.91. The summed E-state index contributed by atoms with van der Waals surface area (Å²) in [6.07, 6.45) is 0.958. The van der Waals surface area contributed by atoms with Gasteiger partial charge >= 0.3 is 0 Å². The van der Waals surface area contributed by atoms with E-state index >= 15 is 0 Å². The van der Waals surface area contributed by atoms with E-state index < -0.39 is 0 Å². The topological polar surface area (TPSA) is 41.6 Å². The summed E-state index contributed by atoms with van der Waals surface area (Å²) in [5.41, 5.74) is 3.87. The van der Waals surface area contributed by atoms with Crippen molar-refractivity contribution < 1.29 is 9.53 Å². The zero-order chi connectivity index (χ0) is 20.3. The van der Waals surface area contributed by atoms with Crippen molar-refractivity contribution in [2.24, 2.45) is 0 Å². The van der Waals surface area contributed by atoms with Crippen LogP contribution < -0.4 is 10.1 Å². The Morgan fingerprint density at radius 1 is 1.07 bits per heavy atom. The second kappa shape index (κ2) is 8.57. The third-order valence-corrected chi connectivity index (χ3v) is 5.23. The summed E-state index contributed by atoms with van der Waals surface area (Å²) in [5, 5.41) is 4.00. The molecule has 0 fully saturated rings. The fourth-order valence-corrected chi connectivity index (χ4v) is 3.80. The third-order valence-electron chi connectivity index (χ3n) is 4.89. The number of nitrogens with one attached hydrogen (secondary N) is 1. The van der Waals surface area contributed by atoms with E-state index in [1.165, 1.54) is 5.56 Å². The first-order valence-electron chi connectivity index (χ1n) is 9.55. The SMILES string of the molecule is CCCN1C(=S)NC(c2ccc(Oc3ccc(C)cc3)cc2)C(C(C)=O)=C1C. The first-order valence-corrected chi connectivity index (χ1v) is 9.95. The third kappa shape index (κ3) is 4.25. The standard InChI is InChI=1S/C23H26N2O2S/c1-5-14-25-16(3)21(17(4)26)22(24-23(25)28)18-8-12-20(13-9-18)27-19-10-6-15(2)7-11-19/h6-13,22H,5,14H2,1-4H3,(H,24,28). The Morgan fingerprint density at radius 2 is 1.64 bits per heavy atom. The fraction of sp³-hybridized carbons (Fsp3) is 0.304. The van der Waals surface area contributed by atoms with Crippen molar-refractivity contribution in [2.45, 2.75) is 40.2 Å². The van der Waals surface area contributed by atoms with Crippen LogP contribution in [0, 0.1) is 6.92 Å². The van der Waals surface area contributed by atoms with Crippen LogP contribution in [0.5, 0.6) is 11.5 Å². The van der Waals surface area contributed by atoms with Gasteiger partial charge in [0.1, 0.15) is 11.5 Å². The number of hydrogen-bond donors (Lipinski definition) is 1. The minimum Gasteiger partial charge on any atom is -0.457 e. The number of aryl methyl sites for hydroxylation is 1. The quantitative estimate of drug-likeness (QED) is 0.674. The lowest BCUT2D eigenvalue weighted by Gasteiger charge is -2.37. The van der Waals surface area contributed by atoms with E-state index in [1.807, 2.05) is 67.3 Å². The largest absolute Gasteiger partial charge is 0.457 e. The Kier molecular flexibility index (Phi) is 6.15. The van der Waals surface area contributed by atoms with E-state index in [0.717, 1.165) is 41.3 Å². The van der Waals surface area contributed by atoms with E-state index in [9.17, 15) is 4.79 Å². The molecule has 3 rings (SSSR count). The molecule has 2 aromatic rings. The van der Waals surface area contributed by atoms with Gasteiger partial charge in [-0.1, -0.05) is 36.8 Å². The maximum atomic E-state index is 12.4. The highest BCUT2D eigenvalue weighted by Gasteiger charge is 2.31. The average Bonchev–Trinajstić information content (AvgIpc) is 2.67. The number of ether oxygens (including phenoxy) is 1. The van der Waals surface area contributed by atoms with Crippen LogP contribution in [-0.2, 0) is 4.79 Å². The molecule has 2 aromatic carbocycles. The highest BCUT2D eigenvalue weighted by Crippen LogP contribution is 2.32. The molecule has 0 spiro atoms. The van der Waals surface area contributed by atoms with Gasteiger partial charge in [0, 0.05) is 17.8 Å². The van der Waals surface area contributed by atoms with Crippen molar-refractivity contribution >= 4 is 23.1 Å². The molecule has 0 radical (unpaired) electrons. The Labute approximate surface area is 172 Å². The lowest BCUT2D eigenvalue weighted by Crippen LogP contribution is -2.47. The van der Waals surface area contributed by atoms with Crippen LogP contribution in [-0.4, -0.2) is 22.3 Å². The lowest BCUT2D eigenvalue weighted by atomic mass is 9.92. The van der Waals surface area contributed by atoms with Crippen LogP contribution in [0.4, 0.5) is 0 Å². The van der Waals surface area contributed by atoms with Gasteiger partial charge in [0.05, 0.1) is 6.04 Å². The molecule has 0 aromatic heterocycles. The van der Waals surface area contributed by atoms with Crippen molar-refractivity contribution in [3.05, 3.63) is 70.9 Å². The maximum Gasteiger partial charge on any atom is 0.173 e. The normalized spacial score (nSPS) is 16.8. The second-order valence-electron chi connectivity index (χ2n) is 7.07. The minimum absolute atomic E-state index is 0.0542. The number of nitrogens with zero attached hydrogens (tertiary/aromatic N) is 1. The van der Waals surface area contributed by atoms with E-state index in [4.69, 9.17) is 17.0 Å². The van der Waals surface area contributed by atoms with Crippen LogP contribution in [0.2, 0.25) is 0 Å². The number of hydrogen-bond acceptors (Lipinski definition) is 3. The molecule has 1 heterocycles. The molecule has 0 saturated carbocycles. The maximum absolute atomic E-state index is 12.4. The van der Waals surface area contributed by atoms with Gasteiger partial charge in [-0.05, 0) is 69.2 Å². The number of ketones is 1. The number of rotatable bonds is 6. The van der Waals surface area contributed by atoms with Crippen molar-refractivity contribution in [2.75, 3.05) is 6.54 Å². The molecule has 0 saturated heterocycles. The van der Waals surface area contributed by atoms with Gasteiger partial charge < -0.3 is 15.0 Å². The first kappa shape index (κ1) is 20.1. The molecular formula is C23H26N2O2S. The number of benzene rings is 2. The highest BCUT2D eigenvalue weighted by atomic mass is 32.1. The highest BCUT2D eigenvalue weighted by molar-refractivity contribution is 7.80. The fourth-order valence-electron chi connectivity index (χ4n) is 3.45. The molecule has 1 aliphatic rings. The molecule has 28 heavy (non-hydrogen) atoms. The Bertz CT molecular complexity index is 901. The Morgan fingerprint density at radius 3 is 2.18 bits per heavy atom. The smallest absolute Gasteiger partial charge is 0.173 e. The number of allylic oxidation sites excluding steroid dienone is 1. The van der Waals surface area contributed by atoms with Gasteiger partial charge in [0.2, 0.25) is 0 Å². The zero-order valence-electron chi connectivity index (χ0n) is 16.8. The predicted octanol–water partition coefficient (Wildman–Crippen LogP) is 5.29. The van der Waals surface area contributed by atoms with Gasteiger partial charge in [-0.25, -0.2) is 0 Å². The molecule has 0 bridgehead atoms. The van der Waals surface area contributed by atoms with E-state index in [0.29, 0.717) is 5.11 Å². The van der Waals surface area contributed by atoms with Gasteiger partial charge in [0.15, 0.2) is 10.9 Å². The molecule has 146 valence electrons. The van der Waals surface area contributed by atoms with Crippen molar-refractivity contribution in [1.82, 2.24) is 10.2 Å². The number of carbonyl (C=O) groups is 1. The Balaban J connectivity index is 1.86. The summed E-state index contributed by atoms with van der Waals surface area (Å²) in [7, 11) is 0. The molecule has 5 heteroatoms. The number of thiocarbonyl (C=S) groups is 1. The summed E-state index contributed by atoms with van der Waals surface area (Å²) in [5.74, 6) is 1.60. The van der Waals surface area contributed by atoms with Gasteiger partial charge in [-0.3, -0.25) is 4.79 Å². The monoisotopic (exact) mass is 394 g/mol. The average molecular weight is 395 g/mol. The second-order valence-corrected chi connectivity index (χ2v) is 7.46. The summed E-state index contributed by atoms with van der Waals surface area (Å²) >= 11 is 5.55. The van der Waals surface area contributed by atoms with Gasteiger partial charge in [-0.15, -0.1) is 0 Å². The summed E-state index contributed by atoms with van der Waals surface area (Å²) in [4.78, 5) is 14.4. The van der Waals surface area contributed by atoms with Gasteiger partial charge in [0.25, 0.3) is 0 Å². The number of carbonyl (C=O) groups excluding carboxylic acids is 1. The first-order chi connectivity index (χ1) is 13.4. The molecule has 0 amide bonds. The minimum atomic E-state index is -0.244. The van der Waals surface area contributed by atoms with Crippen LogP contribution in [0.25, 0.3) is 0 Å². The van der Waals surface area contributed by atoms with Crippen LogP contribution in [0.15, 0.2) is 59.8 Å². The van der Waals surface area contributed by atoms with Crippen LogP contribution in [0.1, 0.15) is 44.4 Å². The van der Waals surface area contributed by atoms with Crippen LogP contribution >= 0.6 is 12.2 Å². The van der Waals surface area contributed by atoms with Crippen molar-refractivity contribution in [1.29, 1.82) is 0 Å². The van der Waals surface area contributed by atoms with Gasteiger partial charge in [-0.2, -0.15) is 0 Å². The van der Waals surface area contributed by atoms with Crippen molar-refractivity contribution in [3.8, 4) is 11.5 Å². The Hall–Kier alpha value is -2.66. The summed E-state index contributed by atoms with van der Waals surface area (Å²) in [6, 6.07) is 15.5. The molecule has 1 atom stereocenters.